The van der Waals surface area contributed by atoms with E-state index >= 15 is 0 Å². The SMILES string of the molecule is COC1=C(OC(C)(C)CC(C)(C)O)[C@@](C)(OC)CC(O)C1. The monoisotopic (exact) mass is 302 g/mol. The first-order valence-electron chi connectivity index (χ1n) is 7.35. The molecule has 0 saturated carbocycles. The molecule has 0 heterocycles. The lowest BCUT2D eigenvalue weighted by Gasteiger charge is -2.42. The van der Waals surface area contributed by atoms with E-state index in [9.17, 15) is 10.2 Å². The molecule has 0 fully saturated rings. The summed E-state index contributed by atoms with van der Waals surface area (Å²) in [7, 11) is 3.16. The fraction of sp³-hybridized carbons (Fsp3) is 0.875. The number of hydrogen-bond donors (Lipinski definition) is 2. The zero-order chi connectivity index (χ0) is 16.5. The molecular weight excluding hydrogens is 272 g/mol. The highest BCUT2D eigenvalue weighted by Gasteiger charge is 2.44. The van der Waals surface area contributed by atoms with Gasteiger partial charge in [-0.25, -0.2) is 0 Å². The Hall–Kier alpha value is -0.780. The molecule has 0 radical (unpaired) electrons. The predicted molar refractivity (Wildman–Crippen MR) is 80.8 cm³/mol. The summed E-state index contributed by atoms with van der Waals surface area (Å²) in [4.78, 5) is 0. The summed E-state index contributed by atoms with van der Waals surface area (Å²) < 4.78 is 17.2. The van der Waals surface area contributed by atoms with E-state index in [4.69, 9.17) is 14.2 Å². The molecule has 5 heteroatoms. The molecular formula is C16H30O5. The van der Waals surface area contributed by atoms with Crippen molar-refractivity contribution in [1.82, 2.24) is 0 Å². The smallest absolute Gasteiger partial charge is 0.166 e. The number of aliphatic hydroxyl groups excluding tert-OH is 1. The van der Waals surface area contributed by atoms with E-state index < -0.39 is 22.9 Å². The number of rotatable bonds is 6. The van der Waals surface area contributed by atoms with Gasteiger partial charge >= 0.3 is 0 Å². The summed E-state index contributed by atoms with van der Waals surface area (Å²) >= 11 is 0. The van der Waals surface area contributed by atoms with Gasteiger partial charge in [-0.3, -0.25) is 0 Å². The molecule has 21 heavy (non-hydrogen) atoms. The van der Waals surface area contributed by atoms with Gasteiger partial charge in [-0.05, 0) is 34.6 Å². The highest BCUT2D eigenvalue weighted by molar-refractivity contribution is 5.20. The van der Waals surface area contributed by atoms with E-state index in [2.05, 4.69) is 0 Å². The van der Waals surface area contributed by atoms with Crippen LogP contribution in [0.5, 0.6) is 0 Å². The van der Waals surface area contributed by atoms with Crippen molar-refractivity contribution >= 4 is 0 Å². The van der Waals surface area contributed by atoms with Crippen molar-refractivity contribution in [2.24, 2.45) is 0 Å². The van der Waals surface area contributed by atoms with Gasteiger partial charge in [-0.2, -0.15) is 0 Å². The topological polar surface area (TPSA) is 68.2 Å². The first-order chi connectivity index (χ1) is 9.42. The van der Waals surface area contributed by atoms with Crippen LogP contribution in [0.15, 0.2) is 11.5 Å². The summed E-state index contributed by atoms with van der Waals surface area (Å²) in [6, 6.07) is 0. The number of hydrogen-bond acceptors (Lipinski definition) is 5. The second-order valence-corrected chi connectivity index (χ2v) is 7.30. The van der Waals surface area contributed by atoms with Gasteiger partial charge in [0.2, 0.25) is 0 Å². The summed E-state index contributed by atoms with van der Waals surface area (Å²) in [5.74, 6) is 1.20. The molecule has 0 bridgehead atoms. The van der Waals surface area contributed by atoms with Gasteiger partial charge in [-0.1, -0.05) is 0 Å². The van der Waals surface area contributed by atoms with Gasteiger partial charge in [0.15, 0.2) is 5.76 Å². The Morgan fingerprint density at radius 2 is 1.81 bits per heavy atom. The van der Waals surface area contributed by atoms with Crippen LogP contribution < -0.4 is 0 Å². The van der Waals surface area contributed by atoms with Crippen molar-refractivity contribution in [1.29, 1.82) is 0 Å². The van der Waals surface area contributed by atoms with Crippen LogP contribution in [-0.2, 0) is 14.2 Å². The van der Waals surface area contributed by atoms with Crippen LogP contribution in [0.2, 0.25) is 0 Å². The molecule has 0 amide bonds. The zero-order valence-electron chi connectivity index (χ0n) is 14.3. The van der Waals surface area contributed by atoms with Gasteiger partial charge in [-0.15, -0.1) is 0 Å². The van der Waals surface area contributed by atoms with Gasteiger partial charge in [0.25, 0.3) is 0 Å². The van der Waals surface area contributed by atoms with Crippen molar-refractivity contribution in [2.45, 2.75) is 76.8 Å². The molecule has 0 aromatic carbocycles. The first-order valence-corrected chi connectivity index (χ1v) is 7.35. The third kappa shape index (κ3) is 4.87. The lowest BCUT2D eigenvalue weighted by Crippen LogP contribution is -2.45. The van der Waals surface area contributed by atoms with Crippen molar-refractivity contribution in [2.75, 3.05) is 14.2 Å². The molecule has 124 valence electrons. The van der Waals surface area contributed by atoms with Gasteiger partial charge in [0, 0.05) is 26.4 Å². The molecule has 0 aliphatic heterocycles. The van der Waals surface area contributed by atoms with Crippen LogP contribution in [0.25, 0.3) is 0 Å². The molecule has 0 aromatic rings. The van der Waals surface area contributed by atoms with Crippen LogP contribution in [-0.4, -0.2) is 47.3 Å². The third-order valence-corrected chi connectivity index (χ3v) is 3.71. The number of aliphatic hydroxyl groups is 2. The maximum Gasteiger partial charge on any atom is 0.166 e. The van der Waals surface area contributed by atoms with Gasteiger partial charge in [0.1, 0.15) is 17.0 Å². The van der Waals surface area contributed by atoms with Crippen LogP contribution >= 0.6 is 0 Å². The Morgan fingerprint density at radius 1 is 1.24 bits per heavy atom. The Bertz CT molecular complexity index is 394. The Morgan fingerprint density at radius 3 is 2.24 bits per heavy atom. The van der Waals surface area contributed by atoms with Crippen molar-refractivity contribution in [3.8, 4) is 0 Å². The second-order valence-electron chi connectivity index (χ2n) is 7.30. The van der Waals surface area contributed by atoms with E-state index in [0.717, 1.165) is 0 Å². The Balaban J connectivity index is 3.10. The Kier molecular flexibility index (Phi) is 5.35. The standard InChI is InChI=1S/C16H30O5/c1-14(2,18)10-15(3,4)21-13-12(19-6)8-11(17)9-16(13,5)20-7/h11,17-18H,8-10H2,1-7H3/t11?,16-/m0/s1. The summed E-state index contributed by atoms with van der Waals surface area (Å²) in [5, 5.41) is 20.0. The zero-order valence-corrected chi connectivity index (χ0v) is 14.3. The van der Waals surface area contributed by atoms with Crippen molar-refractivity contribution < 1.29 is 24.4 Å². The maximum atomic E-state index is 10.0. The molecule has 1 aliphatic carbocycles. The molecule has 0 aromatic heterocycles. The average molecular weight is 302 g/mol. The second kappa shape index (κ2) is 6.15. The summed E-state index contributed by atoms with van der Waals surface area (Å²) in [6.07, 6.45) is 0.797. The fourth-order valence-corrected chi connectivity index (χ4v) is 3.09. The van der Waals surface area contributed by atoms with Crippen LogP contribution in [0.3, 0.4) is 0 Å². The van der Waals surface area contributed by atoms with Crippen LogP contribution in [0.1, 0.15) is 53.9 Å². The molecule has 0 spiro atoms. The van der Waals surface area contributed by atoms with E-state index in [1.807, 2.05) is 20.8 Å². The fourth-order valence-electron chi connectivity index (χ4n) is 3.09. The molecule has 1 rings (SSSR count). The summed E-state index contributed by atoms with van der Waals surface area (Å²) in [6.45, 7) is 9.23. The van der Waals surface area contributed by atoms with Gasteiger partial charge < -0.3 is 24.4 Å². The van der Waals surface area contributed by atoms with E-state index in [1.165, 1.54) is 0 Å². The minimum atomic E-state index is -0.838. The lowest BCUT2D eigenvalue weighted by atomic mass is 9.86. The molecule has 2 atom stereocenters. The molecule has 2 N–H and O–H groups in total. The maximum absolute atomic E-state index is 10.0. The predicted octanol–water partition coefficient (Wildman–Crippen LogP) is 2.36. The lowest BCUT2D eigenvalue weighted by molar-refractivity contribution is -0.115. The minimum absolute atomic E-state index is 0.406. The van der Waals surface area contributed by atoms with Crippen molar-refractivity contribution in [3.05, 3.63) is 11.5 Å². The Labute approximate surface area is 127 Å². The molecule has 0 saturated heterocycles. The average Bonchev–Trinajstić information content (AvgIpc) is 2.29. The number of methoxy groups -OCH3 is 2. The van der Waals surface area contributed by atoms with Gasteiger partial charge in [0.05, 0.1) is 18.8 Å². The highest BCUT2D eigenvalue weighted by Crippen LogP contribution is 2.40. The molecule has 1 aliphatic rings. The van der Waals surface area contributed by atoms with E-state index in [1.54, 1.807) is 28.1 Å². The van der Waals surface area contributed by atoms with E-state index in [0.29, 0.717) is 30.8 Å². The first kappa shape index (κ1) is 18.3. The largest absolute Gasteiger partial charge is 0.497 e. The molecule has 5 nitrogen and oxygen atoms in total. The third-order valence-electron chi connectivity index (χ3n) is 3.71. The van der Waals surface area contributed by atoms with Crippen LogP contribution in [0, 0.1) is 0 Å². The normalized spacial score (nSPS) is 27.8. The minimum Gasteiger partial charge on any atom is -0.497 e. The summed E-state index contributed by atoms with van der Waals surface area (Å²) in [5.41, 5.74) is -2.16. The molecule has 1 unspecified atom stereocenters. The quantitative estimate of drug-likeness (QED) is 0.788. The van der Waals surface area contributed by atoms with Crippen LogP contribution in [0.4, 0.5) is 0 Å². The van der Waals surface area contributed by atoms with E-state index in [-0.39, 0.29) is 0 Å². The number of ether oxygens (including phenoxy) is 3. The highest BCUT2D eigenvalue weighted by atomic mass is 16.6. The van der Waals surface area contributed by atoms with Crippen molar-refractivity contribution in [3.63, 3.8) is 0 Å².